The summed E-state index contributed by atoms with van der Waals surface area (Å²) in [6.45, 7) is 2.16. The summed E-state index contributed by atoms with van der Waals surface area (Å²) in [5, 5.41) is 16.6. The van der Waals surface area contributed by atoms with Crippen molar-refractivity contribution in [1.29, 1.82) is 0 Å². The molecule has 0 bridgehead atoms. The van der Waals surface area contributed by atoms with Crippen LogP contribution in [0, 0.1) is 0 Å². The van der Waals surface area contributed by atoms with Crippen molar-refractivity contribution in [2.24, 2.45) is 0 Å². The maximum Gasteiger partial charge on any atom is 0.411 e. The molecule has 39 heavy (non-hydrogen) atoms. The molecule has 11 nitrogen and oxygen atoms in total. The number of methoxy groups -OCH3 is 1. The second-order valence-electron chi connectivity index (χ2n) is 8.86. The van der Waals surface area contributed by atoms with E-state index < -0.39 is 24.0 Å². The Morgan fingerprint density at radius 1 is 1.08 bits per heavy atom. The third kappa shape index (κ3) is 7.11. The van der Waals surface area contributed by atoms with Crippen molar-refractivity contribution >= 4 is 46.6 Å². The third-order valence-electron chi connectivity index (χ3n) is 6.28. The van der Waals surface area contributed by atoms with Crippen molar-refractivity contribution in [3.8, 4) is 0 Å². The molecule has 4 rings (SSSR count). The molecule has 1 aliphatic rings. The number of nitrogens with zero attached hydrogens (tertiary/aromatic N) is 3. The monoisotopic (exact) mass is 551 g/mol. The quantitative estimate of drug-likeness (QED) is 0.386. The number of carbonyl (C=O) groups excluding carboxylic acids is 3. The van der Waals surface area contributed by atoms with E-state index in [1.165, 1.54) is 24.5 Å². The molecule has 0 saturated carbocycles. The van der Waals surface area contributed by atoms with Gasteiger partial charge < -0.3 is 25.0 Å². The minimum Gasteiger partial charge on any atom is -0.481 e. The number of hydrogen-bond acceptors (Lipinski definition) is 8. The molecule has 1 aromatic carbocycles. The molecule has 3 amide bonds. The Kier molecular flexibility index (Phi) is 9.10. The van der Waals surface area contributed by atoms with Gasteiger partial charge in [-0.25, -0.2) is 4.79 Å². The average Bonchev–Trinajstić information content (AvgIpc) is 3.37. The topological polar surface area (TPSA) is 141 Å². The lowest BCUT2D eigenvalue weighted by molar-refractivity contribution is -0.137. The zero-order chi connectivity index (χ0) is 27.8. The van der Waals surface area contributed by atoms with Crippen molar-refractivity contribution in [2.45, 2.75) is 18.9 Å². The van der Waals surface area contributed by atoms with Crippen LogP contribution in [0.15, 0.2) is 60.2 Å². The van der Waals surface area contributed by atoms with Crippen molar-refractivity contribution in [3.63, 3.8) is 0 Å². The maximum atomic E-state index is 13.1. The first kappa shape index (κ1) is 27.6. The molecule has 0 spiro atoms. The van der Waals surface area contributed by atoms with Gasteiger partial charge in [0.1, 0.15) is 0 Å². The highest BCUT2D eigenvalue weighted by atomic mass is 32.1. The average molecular weight is 552 g/mol. The number of pyridine rings is 1. The molecule has 1 unspecified atom stereocenters. The van der Waals surface area contributed by atoms with Crippen LogP contribution in [-0.2, 0) is 9.53 Å². The van der Waals surface area contributed by atoms with E-state index in [1.807, 2.05) is 10.3 Å². The van der Waals surface area contributed by atoms with E-state index >= 15 is 0 Å². The number of anilines is 2. The zero-order valence-corrected chi connectivity index (χ0v) is 22.1. The van der Waals surface area contributed by atoms with Crippen LogP contribution >= 0.6 is 11.3 Å². The number of rotatable bonds is 8. The van der Waals surface area contributed by atoms with Gasteiger partial charge >= 0.3 is 12.1 Å². The van der Waals surface area contributed by atoms with Crippen LogP contribution in [0.2, 0.25) is 0 Å². The van der Waals surface area contributed by atoms with Crippen molar-refractivity contribution in [2.75, 3.05) is 43.5 Å². The first-order valence-electron chi connectivity index (χ1n) is 12.3. The van der Waals surface area contributed by atoms with Crippen molar-refractivity contribution in [3.05, 3.63) is 76.2 Å². The van der Waals surface area contributed by atoms with Crippen LogP contribution in [0.1, 0.15) is 44.5 Å². The second-order valence-corrected chi connectivity index (χ2v) is 9.84. The molecule has 1 saturated heterocycles. The summed E-state index contributed by atoms with van der Waals surface area (Å²) in [6, 6.07) is 11.2. The molecular weight excluding hydrogens is 522 g/mol. The fourth-order valence-corrected chi connectivity index (χ4v) is 5.15. The van der Waals surface area contributed by atoms with E-state index in [2.05, 4.69) is 15.6 Å². The molecule has 3 heterocycles. The number of amides is 3. The van der Waals surface area contributed by atoms with E-state index in [1.54, 1.807) is 53.7 Å². The van der Waals surface area contributed by atoms with Gasteiger partial charge in [0.05, 0.1) is 36.5 Å². The summed E-state index contributed by atoms with van der Waals surface area (Å²) < 4.78 is 4.78. The smallest absolute Gasteiger partial charge is 0.411 e. The van der Waals surface area contributed by atoms with Gasteiger partial charge in [-0.1, -0.05) is 6.07 Å². The SMILES string of the molecule is COC(=O)Nc1cc(C(=O)NC(CC(=O)O)c2cccs2)ccc1N1CCCN(C(=O)c2cccnc2)CC1. The summed E-state index contributed by atoms with van der Waals surface area (Å²) in [5.41, 5.74) is 1.82. The molecule has 3 N–H and O–H groups in total. The molecule has 1 aliphatic heterocycles. The van der Waals surface area contributed by atoms with Crippen LogP contribution in [0.3, 0.4) is 0 Å². The molecule has 0 radical (unpaired) electrons. The Bertz CT molecular complexity index is 1320. The van der Waals surface area contributed by atoms with E-state index in [-0.39, 0.29) is 17.9 Å². The van der Waals surface area contributed by atoms with Gasteiger partial charge in [-0.15, -0.1) is 11.3 Å². The third-order valence-corrected chi connectivity index (χ3v) is 7.27. The molecule has 204 valence electrons. The Morgan fingerprint density at radius 3 is 2.62 bits per heavy atom. The first-order valence-corrected chi connectivity index (χ1v) is 13.2. The number of thiophene rings is 1. The van der Waals surface area contributed by atoms with E-state index in [0.717, 1.165) is 4.88 Å². The minimum absolute atomic E-state index is 0.0912. The largest absolute Gasteiger partial charge is 0.481 e. The van der Waals surface area contributed by atoms with Gasteiger partial charge in [-0.05, 0) is 48.2 Å². The molecule has 1 fully saturated rings. The number of ether oxygens (including phenoxy) is 1. The highest BCUT2D eigenvalue weighted by Gasteiger charge is 2.24. The lowest BCUT2D eigenvalue weighted by atomic mass is 10.1. The number of hydrogen-bond donors (Lipinski definition) is 3. The summed E-state index contributed by atoms with van der Waals surface area (Å²) in [7, 11) is 1.25. The Hall–Kier alpha value is -4.45. The number of nitrogens with one attached hydrogen (secondary N) is 2. The van der Waals surface area contributed by atoms with Gasteiger partial charge in [-0.2, -0.15) is 0 Å². The number of carboxylic acid groups (broad SMARTS) is 1. The van der Waals surface area contributed by atoms with Crippen LogP contribution in [0.25, 0.3) is 0 Å². The predicted octanol–water partition coefficient (Wildman–Crippen LogP) is 3.62. The van der Waals surface area contributed by atoms with Crippen LogP contribution in [-0.4, -0.2) is 72.2 Å². The van der Waals surface area contributed by atoms with Crippen LogP contribution in [0.4, 0.5) is 16.2 Å². The molecule has 1 atom stereocenters. The molecular formula is C27H29N5O6S. The first-order chi connectivity index (χ1) is 18.9. The second kappa shape index (κ2) is 12.9. The maximum absolute atomic E-state index is 13.1. The summed E-state index contributed by atoms with van der Waals surface area (Å²) >= 11 is 1.36. The van der Waals surface area contributed by atoms with E-state index in [4.69, 9.17) is 4.74 Å². The lowest BCUT2D eigenvalue weighted by Gasteiger charge is -2.26. The van der Waals surface area contributed by atoms with Gasteiger partial charge in [0.15, 0.2) is 0 Å². The van der Waals surface area contributed by atoms with Crippen LogP contribution < -0.4 is 15.5 Å². The standard InChI is InChI=1S/C27H29N5O6S/c1-38-27(37)30-20-15-18(25(35)29-21(16-24(33)34)23-6-3-14-39-23)7-8-22(20)31-10-4-11-32(13-12-31)26(36)19-5-2-9-28-17-19/h2-3,5-9,14-15,17,21H,4,10-13,16H2,1H3,(H,29,35)(H,30,37)(H,33,34). The van der Waals surface area contributed by atoms with E-state index in [9.17, 15) is 24.3 Å². The Morgan fingerprint density at radius 2 is 1.92 bits per heavy atom. The number of aliphatic carboxylic acids is 1. The molecule has 2 aromatic heterocycles. The lowest BCUT2D eigenvalue weighted by Crippen LogP contribution is -2.35. The summed E-state index contributed by atoms with van der Waals surface area (Å²) in [6.07, 6.45) is 2.91. The fourth-order valence-electron chi connectivity index (χ4n) is 4.38. The van der Waals surface area contributed by atoms with Crippen molar-refractivity contribution in [1.82, 2.24) is 15.2 Å². The zero-order valence-electron chi connectivity index (χ0n) is 21.3. The normalized spacial score (nSPS) is 14.2. The summed E-state index contributed by atoms with van der Waals surface area (Å²) in [4.78, 5) is 58.2. The van der Waals surface area contributed by atoms with Gasteiger partial charge in [0, 0.05) is 49.0 Å². The van der Waals surface area contributed by atoms with E-state index in [0.29, 0.717) is 49.5 Å². The van der Waals surface area contributed by atoms with Crippen LogP contribution in [0.5, 0.6) is 0 Å². The fraction of sp³-hybridized carbons (Fsp3) is 0.296. The molecule has 0 aliphatic carbocycles. The minimum atomic E-state index is -1.03. The van der Waals surface area contributed by atoms with Gasteiger partial charge in [0.2, 0.25) is 0 Å². The number of benzene rings is 1. The van der Waals surface area contributed by atoms with Gasteiger partial charge in [0.25, 0.3) is 11.8 Å². The summed E-state index contributed by atoms with van der Waals surface area (Å²) in [5.74, 6) is -1.60. The van der Waals surface area contributed by atoms with Gasteiger partial charge in [-0.3, -0.25) is 24.7 Å². The molecule has 12 heteroatoms. The predicted molar refractivity (Wildman–Crippen MR) is 146 cm³/mol. The highest BCUT2D eigenvalue weighted by molar-refractivity contribution is 7.10. The molecule has 3 aromatic rings. The number of carboxylic acids is 1. The Labute approximate surface area is 229 Å². The number of aromatic nitrogens is 1. The highest BCUT2D eigenvalue weighted by Crippen LogP contribution is 2.30. The number of carbonyl (C=O) groups is 4. The Balaban J connectivity index is 1.53. The van der Waals surface area contributed by atoms with Crippen molar-refractivity contribution < 1.29 is 29.0 Å².